The second-order valence-corrected chi connectivity index (χ2v) is 7.80. The van der Waals surface area contributed by atoms with Crippen LogP contribution in [-0.2, 0) is 13.5 Å². The average Bonchev–Trinajstić information content (AvgIpc) is 3.10. The van der Waals surface area contributed by atoms with Gasteiger partial charge in [0.1, 0.15) is 11.6 Å². The lowest BCUT2D eigenvalue weighted by Crippen LogP contribution is -2.38. The van der Waals surface area contributed by atoms with E-state index in [2.05, 4.69) is 10.1 Å². The normalized spacial score (nSPS) is 15.9. The number of benzene rings is 2. The molecule has 7 heteroatoms. The van der Waals surface area contributed by atoms with Gasteiger partial charge in [0.25, 0.3) is 5.91 Å². The molecule has 0 spiro atoms. The molecule has 31 heavy (non-hydrogen) atoms. The van der Waals surface area contributed by atoms with Crippen molar-refractivity contribution in [3.63, 3.8) is 0 Å². The number of aryl methyl sites for hydroxylation is 1. The van der Waals surface area contributed by atoms with Gasteiger partial charge in [0.15, 0.2) is 0 Å². The summed E-state index contributed by atoms with van der Waals surface area (Å²) in [5, 5.41) is 5.51. The molecule has 0 bridgehead atoms. The molecule has 4 aromatic rings. The minimum Gasteiger partial charge on any atom is -0.330 e. The van der Waals surface area contributed by atoms with Crippen LogP contribution in [-0.4, -0.2) is 32.1 Å². The van der Waals surface area contributed by atoms with Gasteiger partial charge in [0, 0.05) is 47.9 Å². The van der Waals surface area contributed by atoms with Crippen molar-refractivity contribution in [2.24, 2.45) is 7.05 Å². The molecule has 0 saturated carbocycles. The van der Waals surface area contributed by atoms with Crippen LogP contribution in [0.2, 0.25) is 0 Å². The first-order valence-electron chi connectivity index (χ1n) is 10.1. The van der Waals surface area contributed by atoms with E-state index in [1.807, 2.05) is 31.2 Å². The van der Waals surface area contributed by atoms with Crippen molar-refractivity contribution in [2.75, 3.05) is 6.54 Å². The van der Waals surface area contributed by atoms with Gasteiger partial charge in [-0.1, -0.05) is 6.07 Å². The van der Waals surface area contributed by atoms with Gasteiger partial charge in [0.05, 0.1) is 22.9 Å². The summed E-state index contributed by atoms with van der Waals surface area (Å²) in [5.74, 6) is -1.32. The molecule has 0 N–H and O–H groups in total. The molecule has 5 rings (SSSR count). The molecule has 0 unspecified atom stereocenters. The molecule has 1 aliphatic heterocycles. The molecule has 0 fully saturated rings. The minimum atomic E-state index is -0.623. The maximum Gasteiger partial charge on any atom is 0.254 e. The van der Waals surface area contributed by atoms with Crippen LogP contribution < -0.4 is 0 Å². The molecule has 0 saturated heterocycles. The van der Waals surface area contributed by atoms with Crippen molar-refractivity contribution in [1.82, 2.24) is 19.7 Å². The Kier molecular flexibility index (Phi) is 4.54. The van der Waals surface area contributed by atoms with Gasteiger partial charge < -0.3 is 4.90 Å². The molecular weight excluding hydrogens is 398 g/mol. The van der Waals surface area contributed by atoms with Crippen LogP contribution in [0.1, 0.15) is 34.6 Å². The van der Waals surface area contributed by atoms with Crippen molar-refractivity contribution in [1.29, 1.82) is 0 Å². The molecule has 1 atom stereocenters. The van der Waals surface area contributed by atoms with Crippen molar-refractivity contribution in [3.8, 4) is 11.3 Å². The fourth-order valence-corrected chi connectivity index (χ4v) is 4.41. The molecule has 156 valence electrons. The van der Waals surface area contributed by atoms with Gasteiger partial charge >= 0.3 is 0 Å². The molecule has 1 aliphatic rings. The van der Waals surface area contributed by atoms with Crippen LogP contribution >= 0.6 is 0 Å². The third kappa shape index (κ3) is 3.17. The highest BCUT2D eigenvalue weighted by atomic mass is 19.1. The Morgan fingerprint density at radius 2 is 1.97 bits per heavy atom. The van der Waals surface area contributed by atoms with Crippen molar-refractivity contribution >= 4 is 16.8 Å². The first-order chi connectivity index (χ1) is 14.9. The number of pyridine rings is 1. The third-order valence-electron chi connectivity index (χ3n) is 5.94. The Hall–Kier alpha value is -3.61. The third-order valence-corrected chi connectivity index (χ3v) is 5.94. The van der Waals surface area contributed by atoms with E-state index in [1.165, 1.54) is 12.1 Å². The zero-order valence-corrected chi connectivity index (χ0v) is 17.1. The first-order valence-corrected chi connectivity index (χ1v) is 10.1. The molecule has 2 aromatic carbocycles. The highest BCUT2D eigenvalue weighted by Gasteiger charge is 2.33. The van der Waals surface area contributed by atoms with Gasteiger partial charge in [-0.25, -0.2) is 8.78 Å². The fraction of sp³-hybridized carbons (Fsp3) is 0.208. The smallest absolute Gasteiger partial charge is 0.254 e. The monoisotopic (exact) mass is 418 g/mol. The zero-order valence-electron chi connectivity index (χ0n) is 17.1. The lowest BCUT2D eigenvalue weighted by Gasteiger charge is -2.33. The van der Waals surface area contributed by atoms with Crippen molar-refractivity contribution in [3.05, 3.63) is 83.2 Å². The number of carbonyl (C=O) groups excluding carboxylic acids is 1. The lowest BCUT2D eigenvalue weighted by molar-refractivity contribution is 0.0674. The number of nitrogens with zero attached hydrogens (tertiary/aromatic N) is 4. The fourth-order valence-electron chi connectivity index (χ4n) is 4.41. The summed E-state index contributed by atoms with van der Waals surface area (Å²) in [6.07, 6.45) is 2.27. The number of halogens is 2. The van der Waals surface area contributed by atoms with Gasteiger partial charge in [-0.2, -0.15) is 5.10 Å². The van der Waals surface area contributed by atoms with Crippen LogP contribution in [0.4, 0.5) is 8.78 Å². The van der Waals surface area contributed by atoms with E-state index in [4.69, 9.17) is 0 Å². The first kappa shape index (κ1) is 19.4. The topological polar surface area (TPSA) is 51.0 Å². The van der Waals surface area contributed by atoms with E-state index < -0.39 is 11.6 Å². The van der Waals surface area contributed by atoms with Gasteiger partial charge in [-0.3, -0.25) is 14.5 Å². The number of amides is 1. The van der Waals surface area contributed by atoms with E-state index in [9.17, 15) is 13.6 Å². The zero-order chi connectivity index (χ0) is 21.7. The number of rotatable bonds is 2. The van der Waals surface area contributed by atoms with E-state index in [1.54, 1.807) is 28.9 Å². The largest absolute Gasteiger partial charge is 0.330 e. The van der Waals surface area contributed by atoms with Crippen LogP contribution in [0.3, 0.4) is 0 Å². The highest BCUT2D eigenvalue weighted by molar-refractivity contribution is 5.98. The number of hydrogen-bond donors (Lipinski definition) is 0. The number of hydrogen-bond acceptors (Lipinski definition) is 3. The Labute approximate surface area is 177 Å². The number of aromatic nitrogens is 3. The lowest BCUT2D eigenvalue weighted by atomic mass is 9.94. The summed E-state index contributed by atoms with van der Waals surface area (Å²) >= 11 is 0. The molecule has 3 heterocycles. The maximum atomic E-state index is 14.5. The molecular formula is C24H20F2N4O. The summed E-state index contributed by atoms with van der Waals surface area (Å²) in [6.45, 7) is 2.41. The second kappa shape index (κ2) is 7.27. The summed E-state index contributed by atoms with van der Waals surface area (Å²) in [7, 11) is 1.74. The quantitative estimate of drug-likeness (QED) is 0.475. The summed E-state index contributed by atoms with van der Waals surface area (Å²) in [6, 6.07) is 12.5. The van der Waals surface area contributed by atoms with Gasteiger partial charge in [-0.05, 0) is 49.7 Å². The predicted molar refractivity (Wildman–Crippen MR) is 113 cm³/mol. The minimum absolute atomic E-state index is 0.0796. The van der Waals surface area contributed by atoms with E-state index in [0.717, 1.165) is 28.2 Å². The van der Waals surface area contributed by atoms with E-state index >= 15 is 0 Å². The van der Waals surface area contributed by atoms with Gasteiger partial charge in [0.2, 0.25) is 0 Å². The Morgan fingerprint density at radius 1 is 1.13 bits per heavy atom. The Bertz CT molecular complexity index is 1330. The van der Waals surface area contributed by atoms with Crippen molar-refractivity contribution in [2.45, 2.75) is 19.4 Å². The number of carbonyl (C=O) groups is 1. The van der Waals surface area contributed by atoms with Crippen LogP contribution in [0.25, 0.3) is 22.2 Å². The molecule has 0 aliphatic carbocycles. The molecule has 2 aromatic heterocycles. The molecule has 1 amide bonds. The standard InChI is InChI=1S/C24H20F2N4O/c1-14-22-19(23(29(2)28-22)18-7-6-17(25)13-20(18)26)9-11-30(14)24(31)16-5-8-21-15(12-16)4-3-10-27-21/h3-8,10,12-14H,9,11H2,1-2H3/t14-/m0/s1. The summed E-state index contributed by atoms with van der Waals surface area (Å²) < 4.78 is 29.5. The highest BCUT2D eigenvalue weighted by Crippen LogP contribution is 2.37. The Morgan fingerprint density at radius 3 is 2.77 bits per heavy atom. The molecule has 5 nitrogen and oxygen atoms in total. The second-order valence-electron chi connectivity index (χ2n) is 7.80. The summed E-state index contributed by atoms with van der Waals surface area (Å²) in [5.41, 5.74) is 4.01. The van der Waals surface area contributed by atoms with Gasteiger partial charge in [-0.15, -0.1) is 0 Å². The molecule has 0 radical (unpaired) electrons. The summed E-state index contributed by atoms with van der Waals surface area (Å²) in [4.78, 5) is 19.4. The number of fused-ring (bicyclic) bond motifs is 2. The van der Waals surface area contributed by atoms with E-state index in [-0.39, 0.29) is 11.9 Å². The van der Waals surface area contributed by atoms with E-state index in [0.29, 0.717) is 29.8 Å². The van der Waals surface area contributed by atoms with Crippen LogP contribution in [0.5, 0.6) is 0 Å². The Balaban J connectivity index is 1.50. The maximum absolute atomic E-state index is 14.5. The predicted octanol–water partition coefficient (Wildman–Crippen LogP) is 4.67. The van der Waals surface area contributed by atoms with Crippen molar-refractivity contribution < 1.29 is 13.6 Å². The average molecular weight is 418 g/mol. The van der Waals surface area contributed by atoms with Crippen LogP contribution in [0.15, 0.2) is 54.7 Å². The SMILES string of the molecule is C[C@H]1c2nn(C)c(-c3ccc(F)cc3F)c2CCN1C(=O)c1ccc2ncccc2c1. The van der Waals surface area contributed by atoms with Crippen LogP contribution in [0, 0.1) is 11.6 Å².